The van der Waals surface area contributed by atoms with Gasteiger partial charge >= 0.3 is 0 Å². The predicted octanol–water partition coefficient (Wildman–Crippen LogP) is 6.50. The summed E-state index contributed by atoms with van der Waals surface area (Å²) in [5.74, 6) is 0.394. The summed E-state index contributed by atoms with van der Waals surface area (Å²) in [5.41, 5.74) is 0.986. The first-order valence-electron chi connectivity index (χ1n) is 6.61. The Morgan fingerprint density at radius 3 is 2.05 bits per heavy atom. The van der Waals surface area contributed by atoms with Crippen LogP contribution in [0.5, 0.6) is 0 Å². The smallest absolute Gasteiger partial charge is 0.147 e. The number of nitrogens with zero attached hydrogens (tertiary/aromatic N) is 1. The Balaban J connectivity index is 0.00000324. The molecule has 0 radical (unpaired) electrons. The van der Waals surface area contributed by atoms with Crippen LogP contribution < -0.4 is 0 Å². The van der Waals surface area contributed by atoms with Crippen LogP contribution in [0.2, 0.25) is 15.2 Å². The van der Waals surface area contributed by atoms with Crippen molar-refractivity contribution >= 4 is 34.8 Å². The van der Waals surface area contributed by atoms with Crippen molar-refractivity contribution in [3.8, 4) is 0 Å². The van der Waals surface area contributed by atoms with Gasteiger partial charge in [0.1, 0.15) is 5.15 Å². The summed E-state index contributed by atoms with van der Waals surface area (Å²) in [5, 5.41) is 1.53. The van der Waals surface area contributed by atoms with Crippen LogP contribution in [0, 0.1) is 0 Å². The van der Waals surface area contributed by atoms with Gasteiger partial charge in [-0.25, -0.2) is 4.98 Å². The van der Waals surface area contributed by atoms with Crippen molar-refractivity contribution < 1.29 is 17.4 Å². The molecule has 1 rings (SSSR count). The molecule has 1 aromatic rings. The molecular weight excluding hydrogens is 341 g/mol. The molecule has 0 aliphatic heterocycles. The molecule has 0 N–H and O–H groups in total. The summed E-state index contributed by atoms with van der Waals surface area (Å²) >= 11 is 18.5. The predicted molar refractivity (Wildman–Crippen MR) is 81.1 cm³/mol. The fourth-order valence-electron chi connectivity index (χ4n) is 2.16. The van der Waals surface area contributed by atoms with E-state index in [2.05, 4.69) is 18.8 Å². The molecule has 0 aliphatic carbocycles. The quantitative estimate of drug-likeness (QED) is 0.505. The maximum absolute atomic E-state index is 6.27. The van der Waals surface area contributed by atoms with E-state index in [1.165, 1.54) is 25.7 Å². The first-order valence-corrected chi connectivity index (χ1v) is 7.74. The summed E-state index contributed by atoms with van der Waals surface area (Å²) in [6, 6.07) is 0. The van der Waals surface area contributed by atoms with E-state index in [1.807, 2.05) is 0 Å². The van der Waals surface area contributed by atoms with Crippen LogP contribution in [-0.2, 0) is 17.4 Å². The van der Waals surface area contributed by atoms with Crippen molar-refractivity contribution in [3.63, 3.8) is 0 Å². The summed E-state index contributed by atoms with van der Waals surface area (Å²) in [4.78, 5) is 3.98. The van der Waals surface area contributed by atoms with Gasteiger partial charge in [-0.05, 0) is 24.3 Å². The van der Waals surface area contributed by atoms with E-state index < -0.39 is 0 Å². The Morgan fingerprint density at radius 1 is 1.05 bits per heavy atom. The van der Waals surface area contributed by atoms with Gasteiger partial charge in [0.2, 0.25) is 0 Å². The van der Waals surface area contributed by atoms with E-state index in [4.69, 9.17) is 34.8 Å². The topological polar surface area (TPSA) is 12.9 Å². The standard InChI is InChI=1S/C14H20Cl3N.Cr/c1-3-5-7-10(8-6-4-2)12-11(15)9-18-14(17)13(12)16;/h9-10H,3-8H2,1-2H3;. The first kappa shape index (κ1) is 19.6. The second-order valence-electron chi connectivity index (χ2n) is 4.61. The Kier molecular flexibility index (Phi) is 10.6. The third kappa shape index (κ3) is 5.82. The van der Waals surface area contributed by atoms with Crippen molar-refractivity contribution in [3.05, 3.63) is 27.0 Å². The van der Waals surface area contributed by atoms with Crippen LogP contribution in [-0.4, -0.2) is 4.98 Å². The van der Waals surface area contributed by atoms with Gasteiger partial charge in [-0.1, -0.05) is 74.3 Å². The maximum atomic E-state index is 6.27. The molecule has 19 heavy (non-hydrogen) atoms. The van der Waals surface area contributed by atoms with Crippen molar-refractivity contribution in [1.29, 1.82) is 0 Å². The number of hydrogen-bond donors (Lipinski definition) is 0. The van der Waals surface area contributed by atoms with Gasteiger partial charge in [0.05, 0.1) is 10.0 Å². The molecule has 0 spiro atoms. The van der Waals surface area contributed by atoms with E-state index in [1.54, 1.807) is 6.20 Å². The van der Waals surface area contributed by atoms with Crippen molar-refractivity contribution in [2.75, 3.05) is 0 Å². The number of pyridine rings is 1. The van der Waals surface area contributed by atoms with Crippen molar-refractivity contribution in [1.82, 2.24) is 4.98 Å². The third-order valence-corrected chi connectivity index (χ3v) is 4.25. The molecule has 0 aliphatic rings. The van der Waals surface area contributed by atoms with Crippen molar-refractivity contribution in [2.24, 2.45) is 0 Å². The fourth-order valence-corrected chi connectivity index (χ4v) is 2.97. The zero-order valence-corrected chi connectivity index (χ0v) is 14.9. The Bertz CT molecular complexity index is 377. The largest absolute Gasteiger partial charge is 0.241 e. The van der Waals surface area contributed by atoms with E-state index in [0.717, 1.165) is 18.4 Å². The molecule has 0 saturated carbocycles. The minimum atomic E-state index is 0. The zero-order chi connectivity index (χ0) is 13.5. The molecule has 0 aromatic carbocycles. The van der Waals surface area contributed by atoms with Crippen LogP contribution in [0.4, 0.5) is 0 Å². The second kappa shape index (κ2) is 10.3. The Morgan fingerprint density at radius 2 is 1.58 bits per heavy atom. The van der Waals surface area contributed by atoms with Crippen LogP contribution in [0.25, 0.3) is 0 Å². The van der Waals surface area contributed by atoms with E-state index >= 15 is 0 Å². The van der Waals surface area contributed by atoms with E-state index in [-0.39, 0.29) is 17.4 Å². The van der Waals surface area contributed by atoms with Crippen LogP contribution >= 0.6 is 34.8 Å². The van der Waals surface area contributed by atoms with Gasteiger partial charge in [0, 0.05) is 23.6 Å². The molecule has 0 bridgehead atoms. The summed E-state index contributed by atoms with van der Waals surface area (Å²) in [7, 11) is 0. The van der Waals surface area contributed by atoms with Gasteiger partial charge in [-0.15, -0.1) is 0 Å². The number of halogens is 3. The first-order chi connectivity index (χ1) is 8.61. The second-order valence-corrected chi connectivity index (χ2v) is 5.75. The third-order valence-electron chi connectivity index (χ3n) is 3.19. The Hall–Kier alpha value is 0.552. The molecule has 108 valence electrons. The maximum Gasteiger partial charge on any atom is 0.147 e. The number of aromatic nitrogens is 1. The monoisotopic (exact) mass is 359 g/mol. The fraction of sp³-hybridized carbons (Fsp3) is 0.643. The summed E-state index contributed by atoms with van der Waals surface area (Å²) in [6.07, 6.45) is 8.54. The van der Waals surface area contributed by atoms with Gasteiger partial charge in [-0.3, -0.25) is 0 Å². The molecule has 1 nitrogen and oxygen atoms in total. The molecule has 1 heterocycles. The van der Waals surface area contributed by atoms with Gasteiger partial charge in [-0.2, -0.15) is 0 Å². The number of hydrogen-bond acceptors (Lipinski definition) is 1. The van der Waals surface area contributed by atoms with Gasteiger partial charge in [0.15, 0.2) is 0 Å². The summed E-state index contributed by atoms with van der Waals surface area (Å²) in [6.45, 7) is 4.39. The average Bonchev–Trinajstić information content (AvgIpc) is 2.36. The molecule has 0 atom stereocenters. The minimum absolute atomic E-state index is 0. The minimum Gasteiger partial charge on any atom is -0.241 e. The zero-order valence-electron chi connectivity index (χ0n) is 11.4. The molecule has 5 heteroatoms. The number of unbranched alkanes of at least 4 members (excludes halogenated alkanes) is 2. The number of rotatable bonds is 7. The van der Waals surface area contributed by atoms with E-state index in [9.17, 15) is 0 Å². The van der Waals surface area contributed by atoms with Crippen LogP contribution in [0.15, 0.2) is 6.20 Å². The SMILES string of the molecule is CCCCC(CCCC)c1c(Cl)cnc(Cl)c1Cl.[Cr]. The molecule has 0 unspecified atom stereocenters. The van der Waals surface area contributed by atoms with Crippen molar-refractivity contribution in [2.45, 2.75) is 58.3 Å². The summed E-state index contributed by atoms with van der Waals surface area (Å²) < 4.78 is 0. The van der Waals surface area contributed by atoms with Crippen LogP contribution in [0.1, 0.15) is 63.9 Å². The Labute approximate surface area is 142 Å². The molecule has 0 amide bonds. The van der Waals surface area contributed by atoms with Crippen LogP contribution in [0.3, 0.4) is 0 Å². The average molecular weight is 361 g/mol. The molecule has 1 aromatic heterocycles. The molecular formula is C14H20Cl3CrN. The molecule has 0 saturated heterocycles. The van der Waals surface area contributed by atoms with E-state index in [0.29, 0.717) is 21.1 Å². The van der Waals surface area contributed by atoms with Gasteiger partial charge < -0.3 is 0 Å². The van der Waals surface area contributed by atoms with Gasteiger partial charge in [0.25, 0.3) is 0 Å². The normalized spacial score (nSPS) is 10.6. The molecule has 0 fully saturated rings.